The number of carbonyl (C=O) groups excluding carboxylic acids is 1. The van der Waals surface area contributed by atoms with E-state index in [1.807, 2.05) is 12.1 Å². The van der Waals surface area contributed by atoms with Gasteiger partial charge in [0.05, 0.1) is 32.7 Å². The molecule has 1 saturated heterocycles. The van der Waals surface area contributed by atoms with Crippen LogP contribution < -0.4 is 4.74 Å². The summed E-state index contributed by atoms with van der Waals surface area (Å²) in [5.41, 5.74) is 1.17. The van der Waals surface area contributed by atoms with E-state index in [1.54, 1.807) is 31.9 Å². The topological polar surface area (TPSA) is 61.1 Å². The number of thioether (sulfide) groups is 1. The predicted octanol–water partition coefficient (Wildman–Crippen LogP) is 3.14. The summed E-state index contributed by atoms with van der Waals surface area (Å²) in [4.78, 5) is 14.7. The highest BCUT2D eigenvalue weighted by Crippen LogP contribution is 2.32. The molecule has 1 fully saturated rings. The van der Waals surface area contributed by atoms with Crippen LogP contribution in [0.3, 0.4) is 0 Å². The maximum Gasteiger partial charge on any atom is 0.342 e. The van der Waals surface area contributed by atoms with E-state index < -0.39 is 0 Å². The average molecular weight is 365 g/mol. The first-order valence-electron chi connectivity index (χ1n) is 8.37. The van der Waals surface area contributed by atoms with Crippen LogP contribution >= 0.6 is 11.8 Å². The van der Waals surface area contributed by atoms with Gasteiger partial charge in [-0.05, 0) is 19.1 Å². The van der Waals surface area contributed by atoms with Crippen molar-refractivity contribution in [3.8, 4) is 5.75 Å². The van der Waals surface area contributed by atoms with Crippen LogP contribution in [0.2, 0.25) is 0 Å². The third-order valence-corrected chi connectivity index (χ3v) is 5.07. The standard InChI is InChI=1S/C18H23NO5S/c1-3-23-18(20)17-14-5-4-13(21-2)10-15(14)24-16(17)11-25-12-19-6-8-22-9-7-19/h4-5,10H,3,6-9,11-12H2,1-2H3. The first kappa shape index (κ1) is 18.1. The lowest BCUT2D eigenvalue weighted by Crippen LogP contribution is -2.35. The Morgan fingerprint density at radius 1 is 1.32 bits per heavy atom. The minimum Gasteiger partial charge on any atom is -0.497 e. The van der Waals surface area contributed by atoms with Crippen molar-refractivity contribution >= 4 is 28.7 Å². The molecule has 0 bridgehead atoms. The molecule has 1 aromatic carbocycles. The van der Waals surface area contributed by atoms with Gasteiger partial charge in [-0.2, -0.15) is 0 Å². The summed E-state index contributed by atoms with van der Waals surface area (Å²) in [5, 5.41) is 0.765. The molecule has 2 aromatic rings. The van der Waals surface area contributed by atoms with Crippen LogP contribution in [0, 0.1) is 0 Å². The Balaban J connectivity index is 1.79. The van der Waals surface area contributed by atoms with Gasteiger partial charge in [-0.3, -0.25) is 4.90 Å². The number of hydrogen-bond acceptors (Lipinski definition) is 7. The Kier molecular flexibility index (Phi) is 6.23. The molecule has 0 aliphatic carbocycles. The van der Waals surface area contributed by atoms with Crippen LogP contribution in [0.1, 0.15) is 23.0 Å². The van der Waals surface area contributed by atoms with Gasteiger partial charge >= 0.3 is 5.97 Å². The van der Waals surface area contributed by atoms with Gasteiger partial charge < -0.3 is 18.6 Å². The maximum absolute atomic E-state index is 12.4. The van der Waals surface area contributed by atoms with E-state index in [4.69, 9.17) is 18.6 Å². The molecule has 7 heteroatoms. The fourth-order valence-electron chi connectivity index (χ4n) is 2.78. The third kappa shape index (κ3) is 4.29. The van der Waals surface area contributed by atoms with Gasteiger partial charge in [0.1, 0.15) is 22.7 Å². The van der Waals surface area contributed by atoms with Crippen molar-refractivity contribution in [3.63, 3.8) is 0 Å². The highest BCUT2D eigenvalue weighted by atomic mass is 32.2. The van der Waals surface area contributed by atoms with Crippen LogP contribution in [0.15, 0.2) is 22.6 Å². The second-order valence-electron chi connectivity index (χ2n) is 5.69. The number of nitrogens with zero attached hydrogens (tertiary/aromatic N) is 1. The fraction of sp³-hybridized carbons (Fsp3) is 0.500. The van der Waals surface area contributed by atoms with E-state index >= 15 is 0 Å². The summed E-state index contributed by atoms with van der Waals surface area (Å²) in [6, 6.07) is 5.47. The van der Waals surface area contributed by atoms with E-state index in [2.05, 4.69) is 4.90 Å². The summed E-state index contributed by atoms with van der Waals surface area (Å²) < 4.78 is 21.8. The first-order chi connectivity index (χ1) is 12.2. The van der Waals surface area contributed by atoms with Crippen LogP contribution in [-0.2, 0) is 15.2 Å². The Bertz CT molecular complexity index is 724. The fourth-order valence-corrected chi connectivity index (χ4v) is 3.78. The summed E-state index contributed by atoms with van der Waals surface area (Å²) in [7, 11) is 1.61. The van der Waals surface area contributed by atoms with Crippen LogP contribution in [0.25, 0.3) is 11.0 Å². The molecule has 0 atom stereocenters. The van der Waals surface area contributed by atoms with Gasteiger partial charge in [-0.15, -0.1) is 11.8 Å². The van der Waals surface area contributed by atoms with Crippen molar-refractivity contribution in [2.24, 2.45) is 0 Å². The molecule has 0 amide bonds. The maximum atomic E-state index is 12.4. The molecule has 0 saturated carbocycles. The number of methoxy groups -OCH3 is 1. The summed E-state index contributed by atoms with van der Waals surface area (Å²) in [6.07, 6.45) is 0. The first-order valence-corrected chi connectivity index (χ1v) is 9.52. The number of rotatable bonds is 7. The minimum atomic E-state index is -0.339. The summed E-state index contributed by atoms with van der Waals surface area (Å²) in [5.74, 6) is 2.51. The SMILES string of the molecule is CCOC(=O)c1c(CSCN2CCOCC2)oc2cc(OC)ccc12. The molecule has 1 aliphatic rings. The van der Waals surface area contributed by atoms with E-state index in [0.717, 1.165) is 37.6 Å². The molecule has 1 aliphatic heterocycles. The van der Waals surface area contributed by atoms with Crippen molar-refractivity contribution in [1.29, 1.82) is 0 Å². The zero-order valence-corrected chi connectivity index (χ0v) is 15.4. The number of fused-ring (bicyclic) bond motifs is 1. The van der Waals surface area contributed by atoms with Crippen LogP contribution in [0.5, 0.6) is 5.75 Å². The van der Waals surface area contributed by atoms with Crippen molar-refractivity contribution in [3.05, 3.63) is 29.5 Å². The van der Waals surface area contributed by atoms with Gasteiger partial charge in [0.25, 0.3) is 0 Å². The zero-order chi connectivity index (χ0) is 17.6. The van der Waals surface area contributed by atoms with Crippen molar-refractivity contribution < 1.29 is 23.4 Å². The number of esters is 1. The largest absolute Gasteiger partial charge is 0.497 e. The van der Waals surface area contributed by atoms with Crippen molar-refractivity contribution in [2.75, 3.05) is 45.9 Å². The predicted molar refractivity (Wildman–Crippen MR) is 97.3 cm³/mol. The number of carbonyl (C=O) groups is 1. The van der Waals surface area contributed by atoms with E-state index in [-0.39, 0.29) is 5.97 Å². The van der Waals surface area contributed by atoms with E-state index in [9.17, 15) is 4.79 Å². The van der Waals surface area contributed by atoms with Crippen molar-refractivity contribution in [2.45, 2.75) is 12.7 Å². The average Bonchev–Trinajstić information content (AvgIpc) is 3.00. The zero-order valence-electron chi connectivity index (χ0n) is 14.6. The van der Waals surface area contributed by atoms with Crippen molar-refractivity contribution in [1.82, 2.24) is 4.90 Å². The monoisotopic (exact) mass is 365 g/mol. The molecule has 25 heavy (non-hydrogen) atoms. The molecular weight excluding hydrogens is 342 g/mol. The van der Waals surface area contributed by atoms with Gasteiger partial charge in [0, 0.05) is 30.4 Å². The molecular formula is C18H23NO5S. The number of furan rings is 1. The van der Waals surface area contributed by atoms with Gasteiger partial charge in [0.2, 0.25) is 0 Å². The Morgan fingerprint density at radius 2 is 2.12 bits per heavy atom. The van der Waals surface area contributed by atoms with E-state index in [0.29, 0.717) is 35.0 Å². The molecule has 6 nitrogen and oxygen atoms in total. The van der Waals surface area contributed by atoms with E-state index in [1.165, 1.54) is 0 Å². The van der Waals surface area contributed by atoms with Crippen LogP contribution in [-0.4, -0.2) is 56.8 Å². The molecule has 2 heterocycles. The molecule has 0 unspecified atom stereocenters. The summed E-state index contributed by atoms with van der Waals surface area (Å²) >= 11 is 1.73. The van der Waals surface area contributed by atoms with Gasteiger partial charge in [-0.25, -0.2) is 4.79 Å². The number of morpholine rings is 1. The second kappa shape index (κ2) is 8.60. The highest BCUT2D eigenvalue weighted by Gasteiger charge is 2.22. The molecule has 0 spiro atoms. The smallest absolute Gasteiger partial charge is 0.342 e. The lowest BCUT2D eigenvalue weighted by Gasteiger charge is -2.25. The second-order valence-corrected chi connectivity index (χ2v) is 6.65. The van der Waals surface area contributed by atoms with Gasteiger partial charge in [0.15, 0.2) is 0 Å². The minimum absolute atomic E-state index is 0.335. The van der Waals surface area contributed by atoms with Gasteiger partial charge in [-0.1, -0.05) is 0 Å². The van der Waals surface area contributed by atoms with Crippen LogP contribution in [0.4, 0.5) is 0 Å². The molecule has 0 N–H and O–H groups in total. The third-order valence-electron chi connectivity index (χ3n) is 4.06. The quantitative estimate of drug-likeness (QED) is 0.699. The Hall–Kier alpha value is -1.70. The lowest BCUT2D eigenvalue weighted by molar-refractivity contribution is 0.0473. The Morgan fingerprint density at radius 3 is 2.84 bits per heavy atom. The molecule has 136 valence electrons. The highest BCUT2D eigenvalue weighted by molar-refractivity contribution is 7.98. The molecule has 0 radical (unpaired) electrons. The lowest BCUT2D eigenvalue weighted by atomic mass is 10.1. The molecule has 1 aromatic heterocycles. The number of benzene rings is 1. The normalized spacial score (nSPS) is 15.4. The number of ether oxygens (including phenoxy) is 3. The number of hydrogen-bond donors (Lipinski definition) is 0. The Labute approximate surface area is 151 Å². The summed E-state index contributed by atoms with van der Waals surface area (Å²) in [6.45, 7) is 5.57. The molecule has 3 rings (SSSR count).